The van der Waals surface area contributed by atoms with E-state index in [1.165, 1.54) is 11.1 Å². The number of hydrazine groups is 1. The molecule has 0 atom stereocenters. The van der Waals surface area contributed by atoms with E-state index in [1.54, 1.807) is 7.11 Å². The lowest BCUT2D eigenvalue weighted by Gasteiger charge is -2.50. The third-order valence-corrected chi connectivity index (χ3v) is 12.6. The van der Waals surface area contributed by atoms with Crippen molar-refractivity contribution in [3.8, 4) is 17.2 Å². The number of pyridine rings is 2. The molecule has 4 saturated heterocycles. The summed E-state index contributed by atoms with van der Waals surface area (Å²) in [5.74, 6) is 4.32. The molecule has 4 aliphatic heterocycles. The van der Waals surface area contributed by atoms with E-state index in [4.69, 9.17) is 45.3 Å². The Bertz CT molecular complexity index is 1970. The minimum absolute atomic E-state index is 0.254. The number of aromatic nitrogens is 2. The number of piperidine rings is 2. The molecule has 0 N–H and O–H groups in total. The zero-order valence-corrected chi connectivity index (χ0v) is 37.0. The Morgan fingerprint density at radius 3 is 1.49 bits per heavy atom. The molecule has 328 valence electrons. The van der Waals surface area contributed by atoms with Crippen LogP contribution in [0.5, 0.6) is 17.2 Å². The van der Waals surface area contributed by atoms with Gasteiger partial charge in [-0.05, 0) is 99.2 Å². The highest BCUT2D eigenvalue weighted by molar-refractivity contribution is 6.32. The van der Waals surface area contributed by atoms with E-state index in [-0.39, 0.29) is 12.1 Å². The lowest BCUT2D eigenvalue weighted by molar-refractivity contribution is 0.122. The van der Waals surface area contributed by atoms with Gasteiger partial charge in [-0.2, -0.15) is 0 Å². The van der Waals surface area contributed by atoms with E-state index in [2.05, 4.69) is 90.5 Å². The number of benzene rings is 2. The minimum atomic E-state index is 0.254. The van der Waals surface area contributed by atoms with E-state index in [0.29, 0.717) is 18.2 Å². The second-order valence-corrected chi connectivity index (χ2v) is 16.7. The van der Waals surface area contributed by atoms with Gasteiger partial charge in [0.15, 0.2) is 11.5 Å². The van der Waals surface area contributed by atoms with Gasteiger partial charge in [0.25, 0.3) is 0 Å². The molecule has 14 heteroatoms. The number of morpholine rings is 2. The first-order chi connectivity index (χ1) is 30.0. The van der Waals surface area contributed by atoms with Crippen LogP contribution in [0.2, 0.25) is 5.02 Å². The monoisotopic (exact) mass is 854 g/mol. The molecular weight excluding hydrogens is 792 g/mol. The summed E-state index contributed by atoms with van der Waals surface area (Å²) in [6.45, 7) is 17.1. The van der Waals surface area contributed by atoms with Crippen LogP contribution in [0, 0.1) is 0 Å². The van der Waals surface area contributed by atoms with Crippen LogP contribution >= 0.6 is 11.6 Å². The molecule has 0 saturated carbocycles. The summed E-state index contributed by atoms with van der Waals surface area (Å²) in [7, 11) is 1.70. The first-order valence-electron chi connectivity index (χ1n) is 22.3. The van der Waals surface area contributed by atoms with Crippen molar-refractivity contribution in [2.24, 2.45) is 0 Å². The van der Waals surface area contributed by atoms with E-state index in [1.807, 2.05) is 26.0 Å². The normalized spacial score (nSPS) is 18.6. The molecule has 0 spiro atoms. The first kappa shape index (κ1) is 43.1. The molecule has 0 aliphatic carbocycles. The van der Waals surface area contributed by atoms with Gasteiger partial charge in [0, 0.05) is 65.4 Å². The van der Waals surface area contributed by atoms with Crippen molar-refractivity contribution in [2.45, 2.75) is 64.7 Å². The Morgan fingerprint density at radius 1 is 0.590 bits per heavy atom. The number of likely N-dealkylation sites (tertiary alicyclic amines) is 2. The molecular formula is C47H63ClN8O5. The van der Waals surface area contributed by atoms with Crippen LogP contribution < -0.4 is 34.0 Å². The van der Waals surface area contributed by atoms with Gasteiger partial charge in [-0.3, -0.25) is 19.8 Å². The highest BCUT2D eigenvalue weighted by Crippen LogP contribution is 2.36. The molecule has 8 rings (SSSR count). The SMILES string of the molecule is CCOc1cc(CN2CCC(N(c3ccc(N4CCOCC4)nc3)N(c3ccc(N4CCOCC4)nc3)C3CCN(Cc4ccc(OC)c(OCC)c4)CC3)CC2)ccc1Cl. The van der Waals surface area contributed by atoms with Gasteiger partial charge in [-0.25, -0.2) is 9.97 Å². The molecule has 2 aromatic carbocycles. The smallest absolute Gasteiger partial charge is 0.161 e. The van der Waals surface area contributed by atoms with E-state index in [0.717, 1.165) is 158 Å². The molecule has 0 amide bonds. The van der Waals surface area contributed by atoms with E-state index >= 15 is 0 Å². The highest BCUT2D eigenvalue weighted by atomic mass is 35.5. The fraction of sp³-hybridized carbons (Fsp3) is 0.532. The number of hydrogen-bond acceptors (Lipinski definition) is 13. The molecule has 13 nitrogen and oxygen atoms in total. The number of rotatable bonds is 16. The van der Waals surface area contributed by atoms with Crippen molar-refractivity contribution in [1.29, 1.82) is 0 Å². The Morgan fingerprint density at radius 2 is 1.05 bits per heavy atom. The second-order valence-electron chi connectivity index (χ2n) is 16.3. The summed E-state index contributed by atoms with van der Waals surface area (Å²) in [4.78, 5) is 20.0. The van der Waals surface area contributed by atoms with Crippen molar-refractivity contribution in [2.75, 3.05) is 119 Å². The summed E-state index contributed by atoms with van der Waals surface area (Å²) >= 11 is 6.46. The Hall–Kier alpha value is -4.53. The van der Waals surface area contributed by atoms with Crippen molar-refractivity contribution in [3.05, 3.63) is 89.2 Å². The summed E-state index contributed by atoms with van der Waals surface area (Å²) in [5.41, 5.74) is 4.66. The van der Waals surface area contributed by atoms with Crippen LogP contribution in [0.25, 0.3) is 0 Å². The number of halogens is 1. The lowest BCUT2D eigenvalue weighted by Crippen LogP contribution is -2.59. The molecule has 0 bridgehead atoms. The van der Waals surface area contributed by atoms with Gasteiger partial charge in [-0.15, -0.1) is 0 Å². The molecule has 0 radical (unpaired) electrons. The fourth-order valence-corrected chi connectivity index (χ4v) is 9.34. The van der Waals surface area contributed by atoms with Gasteiger partial charge in [-0.1, -0.05) is 23.7 Å². The molecule has 4 aromatic rings. The maximum absolute atomic E-state index is 6.46. The first-order valence-corrected chi connectivity index (χ1v) is 22.7. The molecule has 0 unspecified atom stereocenters. The number of hydrogen-bond donors (Lipinski definition) is 0. The minimum Gasteiger partial charge on any atom is -0.493 e. The molecule has 2 aromatic heterocycles. The lowest BCUT2D eigenvalue weighted by atomic mass is 10.00. The Kier molecular flexibility index (Phi) is 14.9. The fourth-order valence-electron chi connectivity index (χ4n) is 9.17. The van der Waals surface area contributed by atoms with Crippen LogP contribution in [0.1, 0.15) is 50.7 Å². The summed E-state index contributed by atoms with van der Waals surface area (Å²) in [6, 6.07) is 22.0. The predicted octanol–water partition coefficient (Wildman–Crippen LogP) is 7.17. The van der Waals surface area contributed by atoms with Crippen molar-refractivity contribution >= 4 is 34.6 Å². The summed E-state index contributed by atoms with van der Waals surface area (Å²) < 4.78 is 28.7. The van der Waals surface area contributed by atoms with Crippen LogP contribution in [0.15, 0.2) is 73.1 Å². The predicted molar refractivity (Wildman–Crippen MR) is 243 cm³/mol. The van der Waals surface area contributed by atoms with Gasteiger partial charge < -0.3 is 33.5 Å². The quantitative estimate of drug-likeness (QED) is 0.107. The standard InChI is InChI=1S/C47H63ClN8O5/c1-4-60-44-30-36(6-10-42(44)48)34-51-18-14-38(15-19-51)55(40-8-12-46(49-32-40)53-22-26-58-27-23-53)56(41-9-13-47(50-33-41)54-24-28-59-29-25-54)39-16-20-52(21-17-39)35-37-7-11-43(57-3)45(31-37)61-5-2/h6-13,30-33,38-39H,4-5,14-29,34-35H2,1-3H3. The van der Waals surface area contributed by atoms with Gasteiger partial charge >= 0.3 is 0 Å². The van der Waals surface area contributed by atoms with Crippen molar-refractivity contribution in [3.63, 3.8) is 0 Å². The number of anilines is 4. The zero-order chi connectivity index (χ0) is 42.0. The summed E-state index contributed by atoms with van der Waals surface area (Å²) in [6.07, 6.45) is 8.21. The van der Waals surface area contributed by atoms with Gasteiger partial charge in [0.2, 0.25) is 0 Å². The topological polar surface area (TPSA) is 91.4 Å². The zero-order valence-electron chi connectivity index (χ0n) is 36.2. The Balaban J connectivity index is 1.07. The van der Waals surface area contributed by atoms with Crippen LogP contribution in [-0.4, -0.2) is 131 Å². The second kappa shape index (κ2) is 21.0. The molecule has 6 heterocycles. The molecule has 4 aliphatic rings. The largest absolute Gasteiger partial charge is 0.493 e. The average molecular weight is 856 g/mol. The third-order valence-electron chi connectivity index (χ3n) is 12.3. The maximum Gasteiger partial charge on any atom is 0.161 e. The van der Waals surface area contributed by atoms with Gasteiger partial charge in [0.1, 0.15) is 17.4 Å². The highest BCUT2D eigenvalue weighted by Gasteiger charge is 2.36. The van der Waals surface area contributed by atoms with Crippen molar-refractivity contribution in [1.82, 2.24) is 19.8 Å². The number of ether oxygens (including phenoxy) is 5. The maximum atomic E-state index is 6.46. The van der Waals surface area contributed by atoms with Gasteiger partial charge in [0.05, 0.1) is 87.6 Å². The molecule has 61 heavy (non-hydrogen) atoms. The van der Waals surface area contributed by atoms with E-state index in [9.17, 15) is 0 Å². The van der Waals surface area contributed by atoms with Crippen molar-refractivity contribution < 1.29 is 23.7 Å². The van der Waals surface area contributed by atoms with Crippen LogP contribution in [0.4, 0.5) is 23.0 Å². The summed E-state index contributed by atoms with van der Waals surface area (Å²) in [5, 5.41) is 5.84. The molecule has 4 fully saturated rings. The van der Waals surface area contributed by atoms with E-state index < -0.39 is 0 Å². The van der Waals surface area contributed by atoms with Crippen LogP contribution in [-0.2, 0) is 22.6 Å². The Labute approximate surface area is 367 Å². The number of methoxy groups -OCH3 is 1. The third kappa shape index (κ3) is 10.7. The number of nitrogens with zero attached hydrogens (tertiary/aromatic N) is 8. The van der Waals surface area contributed by atoms with Crippen LogP contribution in [0.3, 0.4) is 0 Å². The average Bonchev–Trinajstić information content (AvgIpc) is 3.31.